The fraction of sp³-hybridized carbons (Fsp3) is 0.778. The van der Waals surface area contributed by atoms with Gasteiger partial charge in [0.1, 0.15) is 0 Å². The number of rotatable bonds is 2. The van der Waals surface area contributed by atoms with Gasteiger partial charge in [-0.25, -0.2) is 4.39 Å². The highest BCUT2D eigenvalue weighted by Crippen LogP contribution is 2.16. The zero-order valence-electron chi connectivity index (χ0n) is 7.09. The second-order valence-electron chi connectivity index (χ2n) is 2.99. The van der Waals surface area contributed by atoms with Crippen molar-refractivity contribution >= 4 is 0 Å². The minimum atomic E-state index is -0.694. The van der Waals surface area contributed by atoms with Gasteiger partial charge in [0.15, 0.2) is 6.30 Å². The third-order valence-corrected chi connectivity index (χ3v) is 2.11. The summed E-state index contributed by atoms with van der Waals surface area (Å²) in [5.41, 5.74) is 0. The first-order chi connectivity index (χ1) is 5.34. The third kappa shape index (κ3) is 2.62. The molecule has 0 aromatic carbocycles. The van der Waals surface area contributed by atoms with Gasteiger partial charge in [0.2, 0.25) is 0 Å². The Labute approximate surface area is 67.9 Å². The van der Waals surface area contributed by atoms with Crippen LogP contribution in [0.5, 0.6) is 0 Å². The maximum Gasteiger partial charge on any atom is 0.153 e. The lowest BCUT2D eigenvalue weighted by molar-refractivity contribution is 0.0574. The normalized spacial score (nSPS) is 28.0. The summed E-state index contributed by atoms with van der Waals surface area (Å²) in [4.78, 5) is 1.89. The van der Waals surface area contributed by atoms with Crippen LogP contribution >= 0.6 is 0 Å². The predicted octanol–water partition coefficient (Wildman–Crippen LogP) is 2.34. The number of halogens is 1. The van der Waals surface area contributed by atoms with E-state index >= 15 is 0 Å². The van der Waals surface area contributed by atoms with E-state index in [0.29, 0.717) is 0 Å². The number of hydrogen-bond acceptors (Lipinski definition) is 1. The predicted molar refractivity (Wildman–Crippen MR) is 45.1 cm³/mol. The number of piperidine rings is 1. The van der Waals surface area contributed by atoms with Crippen molar-refractivity contribution in [3.05, 3.63) is 12.2 Å². The van der Waals surface area contributed by atoms with Gasteiger partial charge in [0.25, 0.3) is 0 Å². The quantitative estimate of drug-likeness (QED) is 0.439. The Balaban J connectivity index is 2.29. The molecule has 11 heavy (non-hydrogen) atoms. The van der Waals surface area contributed by atoms with E-state index in [2.05, 4.69) is 0 Å². The Morgan fingerprint density at radius 1 is 1.55 bits per heavy atom. The molecule has 1 heterocycles. The summed E-state index contributed by atoms with van der Waals surface area (Å²) < 4.78 is 13.1. The molecule has 1 saturated heterocycles. The zero-order valence-corrected chi connectivity index (χ0v) is 7.09. The molecule has 1 aliphatic rings. The fourth-order valence-corrected chi connectivity index (χ4v) is 1.40. The lowest BCUT2D eigenvalue weighted by Crippen LogP contribution is -2.36. The first-order valence-electron chi connectivity index (χ1n) is 4.34. The van der Waals surface area contributed by atoms with Crippen LogP contribution in [0.1, 0.15) is 26.2 Å². The van der Waals surface area contributed by atoms with Gasteiger partial charge in [-0.05, 0) is 26.2 Å². The van der Waals surface area contributed by atoms with Gasteiger partial charge in [0.05, 0.1) is 0 Å². The highest BCUT2D eigenvalue weighted by Gasteiger charge is 2.19. The first kappa shape index (κ1) is 8.72. The summed E-state index contributed by atoms with van der Waals surface area (Å²) in [5, 5.41) is 0. The van der Waals surface area contributed by atoms with Gasteiger partial charge in [-0.3, -0.25) is 4.90 Å². The molecule has 1 aliphatic heterocycles. The molecule has 0 radical (unpaired) electrons. The van der Waals surface area contributed by atoms with E-state index in [1.807, 2.05) is 24.0 Å². The Bertz CT molecular complexity index is 134. The van der Waals surface area contributed by atoms with Crippen molar-refractivity contribution in [2.75, 3.05) is 13.1 Å². The molecular weight excluding hydrogens is 141 g/mol. The molecule has 0 saturated carbocycles. The Morgan fingerprint density at radius 2 is 2.36 bits per heavy atom. The molecule has 1 nitrogen and oxygen atoms in total. The highest BCUT2D eigenvalue weighted by atomic mass is 19.1. The Morgan fingerprint density at radius 3 is 3.00 bits per heavy atom. The molecule has 0 aliphatic carbocycles. The van der Waals surface area contributed by atoms with Crippen LogP contribution < -0.4 is 0 Å². The number of allylic oxidation sites excluding steroid dienone is 1. The number of alkyl halides is 1. The third-order valence-electron chi connectivity index (χ3n) is 2.11. The molecule has 1 rings (SSSR count). The number of hydrogen-bond donors (Lipinski definition) is 0. The second kappa shape index (κ2) is 4.50. The molecule has 0 aromatic heterocycles. The van der Waals surface area contributed by atoms with Gasteiger partial charge in [-0.15, -0.1) is 0 Å². The SMILES string of the molecule is CC=CCN1CCCCC1F. The van der Waals surface area contributed by atoms with Crippen LogP contribution in [0.3, 0.4) is 0 Å². The van der Waals surface area contributed by atoms with E-state index in [4.69, 9.17) is 0 Å². The first-order valence-corrected chi connectivity index (χ1v) is 4.34. The standard InChI is InChI=1S/C9H16FN/c1-2-3-7-11-8-5-4-6-9(11)10/h2-3,9H,4-8H2,1H3. The van der Waals surface area contributed by atoms with E-state index < -0.39 is 6.30 Å². The Hall–Kier alpha value is -0.370. The monoisotopic (exact) mass is 157 g/mol. The summed E-state index contributed by atoms with van der Waals surface area (Å²) in [7, 11) is 0. The molecule has 0 amide bonds. The van der Waals surface area contributed by atoms with E-state index in [0.717, 1.165) is 32.4 Å². The van der Waals surface area contributed by atoms with Crippen LogP contribution in [0.25, 0.3) is 0 Å². The molecule has 2 heteroatoms. The molecule has 1 unspecified atom stereocenters. The van der Waals surface area contributed by atoms with Gasteiger partial charge < -0.3 is 0 Å². The largest absolute Gasteiger partial charge is 0.270 e. The van der Waals surface area contributed by atoms with Crippen molar-refractivity contribution in [3.63, 3.8) is 0 Å². The van der Waals surface area contributed by atoms with Crippen molar-refractivity contribution in [1.82, 2.24) is 4.90 Å². The molecule has 0 spiro atoms. The number of nitrogens with zero attached hydrogens (tertiary/aromatic N) is 1. The van der Waals surface area contributed by atoms with Crippen LogP contribution in [0.15, 0.2) is 12.2 Å². The van der Waals surface area contributed by atoms with Crippen molar-refractivity contribution in [1.29, 1.82) is 0 Å². The van der Waals surface area contributed by atoms with Crippen molar-refractivity contribution in [3.8, 4) is 0 Å². The topological polar surface area (TPSA) is 3.24 Å². The minimum absolute atomic E-state index is 0.694. The Kier molecular flexibility index (Phi) is 3.57. The average Bonchev–Trinajstić information content (AvgIpc) is 2.03. The van der Waals surface area contributed by atoms with Gasteiger partial charge in [0, 0.05) is 13.1 Å². The average molecular weight is 157 g/mol. The van der Waals surface area contributed by atoms with E-state index in [9.17, 15) is 4.39 Å². The van der Waals surface area contributed by atoms with Crippen LogP contribution in [0.4, 0.5) is 4.39 Å². The minimum Gasteiger partial charge on any atom is -0.270 e. The lowest BCUT2D eigenvalue weighted by Gasteiger charge is -2.28. The lowest BCUT2D eigenvalue weighted by atomic mass is 10.1. The van der Waals surface area contributed by atoms with Crippen LogP contribution in [0, 0.1) is 0 Å². The summed E-state index contributed by atoms with van der Waals surface area (Å²) in [6.07, 6.45) is 6.21. The summed E-state index contributed by atoms with van der Waals surface area (Å²) in [6.45, 7) is 3.67. The van der Waals surface area contributed by atoms with E-state index in [1.54, 1.807) is 0 Å². The van der Waals surface area contributed by atoms with Gasteiger partial charge in [-0.1, -0.05) is 12.2 Å². The van der Waals surface area contributed by atoms with Crippen LogP contribution in [0.2, 0.25) is 0 Å². The smallest absolute Gasteiger partial charge is 0.153 e. The second-order valence-corrected chi connectivity index (χ2v) is 2.99. The maximum absolute atomic E-state index is 13.1. The molecule has 64 valence electrons. The molecule has 1 fully saturated rings. The summed E-state index contributed by atoms with van der Waals surface area (Å²) in [6, 6.07) is 0. The molecule has 0 bridgehead atoms. The van der Waals surface area contributed by atoms with Crippen LogP contribution in [-0.4, -0.2) is 24.3 Å². The number of likely N-dealkylation sites (tertiary alicyclic amines) is 1. The molecule has 0 aromatic rings. The van der Waals surface area contributed by atoms with E-state index in [1.165, 1.54) is 0 Å². The van der Waals surface area contributed by atoms with Crippen molar-refractivity contribution < 1.29 is 4.39 Å². The zero-order chi connectivity index (χ0) is 8.10. The maximum atomic E-state index is 13.1. The molecule has 1 atom stereocenters. The highest BCUT2D eigenvalue weighted by molar-refractivity contribution is 4.83. The van der Waals surface area contributed by atoms with Crippen molar-refractivity contribution in [2.45, 2.75) is 32.5 Å². The van der Waals surface area contributed by atoms with Gasteiger partial charge >= 0.3 is 0 Å². The van der Waals surface area contributed by atoms with Crippen LogP contribution in [-0.2, 0) is 0 Å². The summed E-state index contributed by atoms with van der Waals surface area (Å²) in [5.74, 6) is 0. The van der Waals surface area contributed by atoms with Crippen molar-refractivity contribution in [2.24, 2.45) is 0 Å². The fourth-order valence-electron chi connectivity index (χ4n) is 1.40. The van der Waals surface area contributed by atoms with E-state index in [-0.39, 0.29) is 0 Å². The van der Waals surface area contributed by atoms with Gasteiger partial charge in [-0.2, -0.15) is 0 Å². The molecule has 0 N–H and O–H groups in total. The molecular formula is C9H16FN. The summed E-state index contributed by atoms with van der Waals surface area (Å²) >= 11 is 0.